The number of ketones is 2. The van der Waals surface area contributed by atoms with Gasteiger partial charge in [0.15, 0.2) is 17.3 Å². The van der Waals surface area contributed by atoms with Gasteiger partial charge >= 0.3 is 11.9 Å². The molecule has 16 nitrogen and oxygen atoms in total. The molecule has 5 aliphatic rings. The van der Waals surface area contributed by atoms with Crippen LogP contribution in [0.1, 0.15) is 46.5 Å². The maximum Gasteiger partial charge on any atom is 0.340 e. The van der Waals surface area contributed by atoms with E-state index in [1.807, 2.05) is 12.1 Å². The largest absolute Gasteiger partial charge is 0.504 e. The average molecular weight is 973 g/mol. The fourth-order valence-corrected chi connectivity index (χ4v) is 10.4. The number of fused-ring (bicyclic) bond motifs is 5. The predicted octanol–water partition coefficient (Wildman–Crippen LogP) is 7.41. The summed E-state index contributed by atoms with van der Waals surface area (Å²) < 4.78 is 47.5. The van der Waals surface area contributed by atoms with Crippen molar-refractivity contribution in [3.05, 3.63) is 107 Å². The molecule has 0 radical (unpaired) electrons. The van der Waals surface area contributed by atoms with Crippen molar-refractivity contribution in [1.82, 2.24) is 19.8 Å². The van der Waals surface area contributed by atoms with Crippen molar-refractivity contribution in [2.24, 2.45) is 16.7 Å². The third-order valence-corrected chi connectivity index (χ3v) is 13.8. The smallest absolute Gasteiger partial charge is 0.340 e. The van der Waals surface area contributed by atoms with Gasteiger partial charge in [-0.25, -0.2) is 19.2 Å². The highest BCUT2D eigenvalue weighted by Crippen LogP contribution is 2.62. The molecule has 3 heterocycles. The van der Waals surface area contributed by atoms with Gasteiger partial charge in [0.05, 0.1) is 55.1 Å². The number of allylic oxidation sites excluding steroid dienone is 1. The first-order chi connectivity index (χ1) is 33.1. The Morgan fingerprint density at radius 3 is 2.49 bits per heavy atom. The van der Waals surface area contributed by atoms with Crippen molar-refractivity contribution in [2.45, 2.75) is 58.7 Å². The Morgan fingerprint density at radius 1 is 1.09 bits per heavy atom. The number of carbonyl (C=O) groups is 4. The number of aliphatic hydroxyl groups is 1. The number of esters is 2. The number of Topliss-reactive ketones (excluding diaryl/α,β-unsaturated/α-hetero) is 2. The molecule has 5 atom stereocenters. The Balaban J connectivity index is 0.000000208. The van der Waals surface area contributed by atoms with E-state index in [0.717, 1.165) is 44.7 Å². The molecule has 0 amide bonds. The number of rotatable bonds is 16. The van der Waals surface area contributed by atoms with Crippen LogP contribution in [0.25, 0.3) is 10.9 Å². The number of anilines is 2. The van der Waals surface area contributed by atoms with Gasteiger partial charge in [0, 0.05) is 105 Å². The molecule has 3 aromatic rings. The lowest BCUT2D eigenvalue weighted by Gasteiger charge is -2.53. The second-order valence-electron chi connectivity index (χ2n) is 17.9. The number of hydrogen-bond donors (Lipinski definition) is 2. The van der Waals surface area contributed by atoms with E-state index in [1.165, 1.54) is 38.7 Å². The van der Waals surface area contributed by atoms with E-state index in [1.54, 1.807) is 44.1 Å². The molecule has 2 aromatic carbocycles. The maximum atomic E-state index is 14.0. The number of aliphatic hydroxyl groups excluding tert-OH is 1. The molecule has 0 bridgehead atoms. The first-order valence-electron chi connectivity index (χ1n) is 22.9. The summed E-state index contributed by atoms with van der Waals surface area (Å²) in [4.78, 5) is 65.4. The summed E-state index contributed by atoms with van der Waals surface area (Å²) in [5.41, 5.74) is -0.0352. The zero-order valence-electron chi connectivity index (χ0n) is 39.6. The molecule has 69 heavy (non-hydrogen) atoms. The van der Waals surface area contributed by atoms with E-state index in [2.05, 4.69) is 33.3 Å². The van der Waals surface area contributed by atoms with Crippen molar-refractivity contribution < 1.29 is 57.1 Å². The highest BCUT2D eigenvalue weighted by atomic mass is 35.5. The van der Waals surface area contributed by atoms with E-state index in [4.69, 9.17) is 40.0 Å². The van der Waals surface area contributed by atoms with Gasteiger partial charge in [0.1, 0.15) is 36.0 Å². The molecule has 3 fully saturated rings. The number of halogens is 2. The zero-order valence-corrected chi connectivity index (χ0v) is 40.4. The van der Waals surface area contributed by atoms with Gasteiger partial charge in [0.25, 0.3) is 0 Å². The van der Waals surface area contributed by atoms with Gasteiger partial charge in [-0.05, 0) is 49.6 Å². The first-order valence-corrected chi connectivity index (χ1v) is 23.3. The quantitative estimate of drug-likeness (QED) is 0.0625. The summed E-state index contributed by atoms with van der Waals surface area (Å²) >= 11 is 5.90. The number of aromatic nitrogens is 2. The SMILES string of the molecule is C=CCN(/C=C1/C(=O)O[C@H](COC)[C@@]2(C)C1=C(O)C(=O)C1=C2[C@H](OC(C)=O)C[C@]2(C)C(=O)CC[C@@H]12)CC=C.COc1cc2ncnc(Nc3ccc(F)c(Cl)c3)c2cc1OCCCN1CCOCC1. The normalized spacial score (nSPS) is 24.9. The Hall–Kier alpha value is -6.14. The average Bonchev–Trinajstić information content (AvgIpc) is 3.62. The minimum atomic E-state index is -1.27. The van der Waals surface area contributed by atoms with Gasteiger partial charge in [-0.3, -0.25) is 19.3 Å². The maximum absolute atomic E-state index is 14.0. The minimum absolute atomic E-state index is 0.00740. The number of carbonyl (C=O) groups excluding carboxylic acids is 4. The van der Waals surface area contributed by atoms with Crippen LogP contribution in [0.5, 0.6) is 11.5 Å². The van der Waals surface area contributed by atoms with Crippen molar-refractivity contribution in [3.8, 4) is 11.5 Å². The van der Waals surface area contributed by atoms with Crippen LogP contribution >= 0.6 is 11.6 Å². The fourth-order valence-electron chi connectivity index (χ4n) is 10.2. The van der Waals surface area contributed by atoms with Gasteiger partial charge in [-0.1, -0.05) is 30.7 Å². The molecule has 18 heteroatoms. The number of nitrogens with one attached hydrogen (secondary N) is 1. The van der Waals surface area contributed by atoms with Crippen LogP contribution in [-0.4, -0.2) is 134 Å². The monoisotopic (exact) mass is 971 g/mol. The number of nitrogens with zero attached hydrogens (tertiary/aromatic N) is 4. The molecule has 1 saturated carbocycles. The molecule has 2 saturated heterocycles. The van der Waals surface area contributed by atoms with Crippen LogP contribution in [0.15, 0.2) is 96.2 Å². The second-order valence-corrected chi connectivity index (χ2v) is 18.3. The fraction of sp³-hybridized carbons (Fsp3) is 0.451. The first kappa shape index (κ1) is 50.7. The summed E-state index contributed by atoms with van der Waals surface area (Å²) in [6, 6.07) is 8.09. The van der Waals surface area contributed by atoms with Crippen molar-refractivity contribution >= 4 is 57.5 Å². The van der Waals surface area contributed by atoms with Crippen LogP contribution in [0, 0.1) is 22.6 Å². The molecule has 8 rings (SSSR count). The highest BCUT2D eigenvalue weighted by Gasteiger charge is 2.64. The summed E-state index contributed by atoms with van der Waals surface area (Å²) in [6.07, 6.45) is 6.24. The molecule has 3 aliphatic carbocycles. The molecule has 368 valence electrons. The Morgan fingerprint density at radius 2 is 1.83 bits per heavy atom. The molecular weight excluding hydrogens is 913 g/mol. The van der Waals surface area contributed by atoms with Crippen molar-refractivity contribution in [2.75, 3.05) is 78.7 Å². The van der Waals surface area contributed by atoms with Crippen molar-refractivity contribution in [3.63, 3.8) is 0 Å². The van der Waals surface area contributed by atoms with Crippen molar-refractivity contribution in [1.29, 1.82) is 0 Å². The number of methoxy groups -OCH3 is 2. The van der Waals surface area contributed by atoms with Crippen LogP contribution in [0.4, 0.5) is 15.9 Å². The lowest BCUT2D eigenvalue weighted by molar-refractivity contribution is -0.160. The summed E-state index contributed by atoms with van der Waals surface area (Å²) in [5.74, 6) is -1.68. The lowest BCUT2D eigenvalue weighted by Crippen LogP contribution is -2.57. The number of cyclic esters (lactones) is 1. The van der Waals surface area contributed by atoms with Gasteiger partial charge in [-0.2, -0.15) is 0 Å². The molecule has 1 aromatic heterocycles. The predicted molar refractivity (Wildman–Crippen MR) is 256 cm³/mol. The summed E-state index contributed by atoms with van der Waals surface area (Å²) in [7, 11) is 3.06. The molecule has 2 N–H and O–H groups in total. The number of hydrogen-bond acceptors (Lipinski definition) is 16. The van der Waals surface area contributed by atoms with Crippen LogP contribution in [-0.2, 0) is 38.1 Å². The van der Waals surface area contributed by atoms with E-state index in [-0.39, 0.29) is 47.0 Å². The topological polar surface area (TPSA) is 188 Å². The second kappa shape index (κ2) is 21.7. The Bertz CT molecular complexity index is 2600. The standard InChI is InChI=1S/C29H35NO8.C22H24ClFN4O3/c1-7-11-30(12-8-2)14-17-23-26(34)25(33)22-18-9-10-20(32)28(18,4)13-19(37-16(3)31)24(22)29(23,5)21(15-36-6)38-27(17)35;1-29-20-13-19-16(12-21(20)31-8-2-5-28-6-9-30-10-7-28)22(26-14-25-19)27-15-3-4-18(24)17(23)11-15/h7-8,14,18-19,21,34H,1-2,9-13,15H2,3-6H3;3-4,11-14H,2,5-10H2,1H3,(H,25,26,27)/b17-14+;/t18-,19+,21+,28-,29-;/m0./s1. The third kappa shape index (κ3) is 10.3. The highest BCUT2D eigenvalue weighted by molar-refractivity contribution is 6.31. The number of ether oxygens (including phenoxy) is 6. The Labute approximate surface area is 405 Å². The van der Waals surface area contributed by atoms with Gasteiger partial charge in [-0.15, -0.1) is 13.2 Å². The van der Waals surface area contributed by atoms with E-state index in [0.29, 0.717) is 60.2 Å². The van der Waals surface area contributed by atoms with Crippen LogP contribution in [0.2, 0.25) is 5.02 Å². The zero-order chi connectivity index (χ0) is 49.6. The molecule has 0 spiro atoms. The van der Waals surface area contributed by atoms with E-state index < -0.39 is 58.3 Å². The van der Waals surface area contributed by atoms with Gasteiger partial charge < -0.3 is 43.7 Å². The van der Waals surface area contributed by atoms with Crippen LogP contribution < -0.4 is 14.8 Å². The number of benzene rings is 2. The molecule has 2 aliphatic heterocycles. The minimum Gasteiger partial charge on any atom is -0.504 e. The summed E-state index contributed by atoms with van der Waals surface area (Å²) in [6.45, 7) is 18.0. The summed E-state index contributed by atoms with van der Waals surface area (Å²) in [5, 5.41) is 15.5. The van der Waals surface area contributed by atoms with Crippen LogP contribution in [0.3, 0.4) is 0 Å². The Kier molecular flexibility index (Phi) is 15.9. The van der Waals surface area contributed by atoms with Gasteiger partial charge in [0.2, 0.25) is 5.78 Å². The third-order valence-electron chi connectivity index (χ3n) is 13.5. The van der Waals surface area contributed by atoms with E-state index >= 15 is 0 Å². The lowest BCUT2D eigenvalue weighted by atomic mass is 9.53. The number of morpholine rings is 1. The molecular formula is C51H59ClFN5O11. The van der Waals surface area contributed by atoms with E-state index in [9.17, 15) is 28.7 Å². The molecule has 0 unspecified atom stereocenters.